The van der Waals surface area contributed by atoms with E-state index in [0.717, 1.165) is 12.8 Å². The largest absolute Gasteiger partial charge is 0.462 e. The lowest BCUT2D eigenvalue weighted by atomic mass is 9.85. The maximum Gasteiger partial charge on any atom is 0.338 e. The Balaban J connectivity index is 1.88. The van der Waals surface area contributed by atoms with E-state index in [9.17, 15) is 4.79 Å². The number of hydrogen-bond acceptors (Lipinski definition) is 2. The van der Waals surface area contributed by atoms with Crippen molar-refractivity contribution in [2.75, 3.05) is 12.5 Å². The monoisotopic (exact) mass is 264 g/mol. The van der Waals surface area contributed by atoms with E-state index in [2.05, 4.69) is 12.2 Å². The van der Waals surface area contributed by atoms with Crippen molar-refractivity contribution in [3.8, 4) is 0 Å². The Morgan fingerprint density at radius 2 is 1.83 bits per heavy atom. The third kappa shape index (κ3) is 3.36. The number of hydrogen-bond donors (Lipinski definition) is 0. The summed E-state index contributed by atoms with van der Waals surface area (Å²) in [5, 5.41) is 0. The van der Waals surface area contributed by atoms with Crippen molar-refractivity contribution in [1.82, 2.24) is 0 Å². The quantitative estimate of drug-likeness (QED) is 0.471. The maximum absolute atomic E-state index is 11.8. The number of carbonyl (C=O) groups is 1. The van der Waals surface area contributed by atoms with Gasteiger partial charge in [-0.25, -0.2) is 4.79 Å². The van der Waals surface area contributed by atoms with Crippen molar-refractivity contribution in [3.63, 3.8) is 0 Å². The van der Waals surface area contributed by atoms with Gasteiger partial charge in [0.15, 0.2) is 0 Å². The molecule has 2 nitrogen and oxygen atoms in total. The summed E-state index contributed by atoms with van der Waals surface area (Å²) >= 11 is 5.93. The Bertz CT molecular complexity index is 414. The van der Waals surface area contributed by atoms with Gasteiger partial charge in [-0.1, -0.05) is 30.4 Å². The second kappa shape index (κ2) is 6.60. The van der Waals surface area contributed by atoms with Gasteiger partial charge >= 0.3 is 5.97 Å². The second-order valence-electron chi connectivity index (χ2n) is 4.58. The van der Waals surface area contributed by atoms with Crippen molar-refractivity contribution in [2.24, 2.45) is 11.8 Å². The Kier molecular flexibility index (Phi) is 4.82. The summed E-state index contributed by atoms with van der Waals surface area (Å²) < 4.78 is 5.37. The van der Waals surface area contributed by atoms with Crippen molar-refractivity contribution in [3.05, 3.63) is 48.0 Å². The van der Waals surface area contributed by atoms with Gasteiger partial charge in [-0.3, -0.25) is 0 Å². The first-order chi connectivity index (χ1) is 8.81. The minimum Gasteiger partial charge on any atom is -0.462 e. The Morgan fingerprint density at radius 3 is 2.50 bits per heavy atom. The molecule has 1 aromatic rings. The maximum atomic E-state index is 11.8. The van der Waals surface area contributed by atoms with Gasteiger partial charge in [0.05, 0.1) is 12.2 Å². The SMILES string of the molecule is O=C(OC[C@@H]1CC=CC[C@@H]1CCl)c1ccccc1. The molecule has 1 aliphatic rings. The van der Waals surface area contributed by atoms with E-state index in [4.69, 9.17) is 16.3 Å². The molecule has 0 N–H and O–H groups in total. The summed E-state index contributed by atoms with van der Waals surface area (Å²) in [6, 6.07) is 9.08. The highest BCUT2D eigenvalue weighted by molar-refractivity contribution is 6.18. The van der Waals surface area contributed by atoms with Gasteiger partial charge in [0.1, 0.15) is 0 Å². The molecular formula is C15H17ClO2. The fourth-order valence-electron chi connectivity index (χ4n) is 2.16. The molecule has 0 spiro atoms. The number of allylic oxidation sites excluding steroid dienone is 2. The van der Waals surface area contributed by atoms with Crippen LogP contribution in [0.5, 0.6) is 0 Å². The van der Waals surface area contributed by atoms with Gasteiger partial charge < -0.3 is 4.74 Å². The Labute approximate surface area is 113 Å². The molecule has 18 heavy (non-hydrogen) atoms. The molecule has 2 atom stereocenters. The number of halogens is 1. The van der Waals surface area contributed by atoms with Crippen LogP contribution in [-0.4, -0.2) is 18.5 Å². The first kappa shape index (κ1) is 13.2. The van der Waals surface area contributed by atoms with Crippen LogP contribution in [0.3, 0.4) is 0 Å². The molecule has 3 heteroatoms. The number of ether oxygens (including phenoxy) is 1. The van der Waals surface area contributed by atoms with Crippen molar-refractivity contribution < 1.29 is 9.53 Å². The predicted octanol–water partition coefficient (Wildman–Crippen LogP) is 3.66. The smallest absolute Gasteiger partial charge is 0.338 e. The molecule has 0 saturated heterocycles. The number of carbonyl (C=O) groups excluding carboxylic acids is 1. The average Bonchev–Trinajstić information content (AvgIpc) is 2.46. The molecule has 0 fully saturated rings. The molecule has 0 bridgehead atoms. The summed E-state index contributed by atoms with van der Waals surface area (Å²) in [7, 11) is 0. The van der Waals surface area contributed by atoms with Crippen LogP contribution >= 0.6 is 11.6 Å². The zero-order chi connectivity index (χ0) is 12.8. The van der Waals surface area contributed by atoms with E-state index in [-0.39, 0.29) is 5.97 Å². The zero-order valence-corrected chi connectivity index (χ0v) is 11.0. The highest BCUT2D eigenvalue weighted by atomic mass is 35.5. The van der Waals surface area contributed by atoms with Gasteiger partial charge in [-0.05, 0) is 30.9 Å². The summed E-state index contributed by atoms with van der Waals surface area (Å²) in [5.74, 6) is 1.14. The number of alkyl halides is 1. The molecule has 0 heterocycles. The van der Waals surface area contributed by atoms with Crippen molar-refractivity contribution in [2.45, 2.75) is 12.8 Å². The highest BCUT2D eigenvalue weighted by Gasteiger charge is 2.23. The lowest BCUT2D eigenvalue weighted by molar-refractivity contribution is 0.0396. The van der Waals surface area contributed by atoms with Gasteiger partial charge in [0.25, 0.3) is 0 Å². The molecule has 0 amide bonds. The topological polar surface area (TPSA) is 26.3 Å². The summed E-state index contributed by atoms with van der Waals surface area (Å²) in [5.41, 5.74) is 0.603. The van der Waals surface area contributed by atoms with Crippen LogP contribution < -0.4 is 0 Å². The lowest BCUT2D eigenvalue weighted by Crippen LogP contribution is -2.24. The predicted molar refractivity (Wildman–Crippen MR) is 72.8 cm³/mol. The number of benzene rings is 1. The van der Waals surface area contributed by atoms with E-state index in [0.29, 0.717) is 29.9 Å². The number of esters is 1. The molecule has 1 aliphatic carbocycles. The summed E-state index contributed by atoms with van der Waals surface area (Å²) in [6.45, 7) is 0.454. The number of rotatable bonds is 4. The summed E-state index contributed by atoms with van der Waals surface area (Å²) in [4.78, 5) is 11.8. The minimum atomic E-state index is -0.251. The Morgan fingerprint density at radius 1 is 1.17 bits per heavy atom. The fraction of sp³-hybridized carbons (Fsp3) is 0.400. The van der Waals surface area contributed by atoms with Gasteiger partial charge in [0, 0.05) is 11.8 Å². The molecule has 96 valence electrons. The normalized spacial score (nSPS) is 22.7. The van der Waals surface area contributed by atoms with Crippen LogP contribution in [0, 0.1) is 11.8 Å². The van der Waals surface area contributed by atoms with E-state index in [1.54, 1.807) is 12.1 Å². The molecular weight excluding hydrogens is 248 g/mol. The molecule has 0 unspecified atom stereocenters. The van der Waals surface area contributed by atoms with E-state index < -0.39 is 0 Å². The van der Waals surface area contributed by atoms with Crippen molar-refractivity contribution in [1.29, 1.82) is 0 Å². The second-order valence-corrected chi connectivity index (χ2v) is 4.89. The summed E-state index contributed by atoms with van der Waals surface area (Å²) in [6.07, 6.45) is 6.23. The minimum absolute atomic E-state index is 0.251. The molecule has 0 saturated carbocycles. The van der Waals surface area contributed by atoms with Crippen LogP contribution in [0.1, 0.15) is 23.2 Å². The Hall–Kier alpha value is -1.28. The zero-order valence-electron chi connectivity index (χ0n) is 10.2. The lowest BCUT2D eigenvalue weighted by Gasteiger charge is -2.26. The van der Waals surface area contributed by atoms with Crippen LogP contribution in [0.4, 0.5) is 0 Å². The molecule has 1 aromatic carbocycles. The molecule has 2 rings (SSSR count). The standard InChI is InChI=1S/C15H17ClO2/c16-10-13-8-4-5-9-14(13)11-18-15(17)12-6-2-1-3-7-12/h1-7,13-14H,8-11H2/t13-,14+/m1/s1. The van der Waals surface area contributed by atoms with Gasteiger partial charge in [-0.2, -0.15) is 0 Å². The van der Waals surface area contributed by atoms with Gasteiger partial charge in [-0.15, -0.1) is 11.6 Å². The molecule has 0 aromatic heterocycles. The van der Waals surface area contributed by atoms with Crippen molar-refractivity contribution >= 4 is 17.6 Å². The molecule has 0 radical (unpaired) electrons. The van der Waals surface area contributed by atoms with Crippen LogP contribution in [0.15, 0.2) is 42.5 Å². The molecule has 0 aliphatic heterocycles. The van der Waals surface area contributed by atoms with E-state index in [1.807, 2.05) is 18.2 Å². The van der Waals surface area contributed by atoms with E-state index >= 15 is 0 Å². The third-order valence-electron chi connectivity index (χ3n) is 3.35. The first-order valence-corrected chi connectivity index (χ1v) is 6.78. The third-order valence-corrected chi connectivity index (χ3v) is 3.74. The van der Waals surface area contributed by atoms with E-state index in [1.165, 1.54) is 0 Å². The average molecular weight is 265 g/mol. The van der Waals surface area contributed by atoms with Gasteiger partial charge in [0.2, 0.25) is 0 Å². The van der Waals surface area contributed by atoms with Crippen LogP contribution in [0.2, 0.25) is 0 Å². The highest BCUT2D eigenvalue weighted by Crippen LogP contribution is 2.27. The van der Waals surface area contributed by atoms with Crippen LogP contribution in [0.25, 0.3) is 0 Å². The van der Waals surface area contributed by atoms with Crippen LogP contribution in [-0.2, 0) is 4.74 Å². The first-order valence-electron chi connectivity index (χ1n) is 6.24. The fourth-order valence-corrected chi connectivity index (χ4v) is 2.54.